The Morgan fingerprint density at radius 1 is 0.973 bits per heavy atom. The van der Waals surface area contributed by atoms with Crippen LogP contribution in [0.4, 0.5) is 16.4 Å². The Morgan fingerprint density at radius 3 is 2.37 bits per heavy atom. The van der Waals surface area contributed by atoms with E-state index in [0.29, 0.717) is 5.56 Å². The Labute approximate surface area is 428 Å². The maximum atomic E-state index is 14.3. The number of H-pyrrole nitrogens is 1. The van der Waals surface area contributed by atoms with Crippen molar-refractivity contribution in [3.05, 3.63) is 111 Å². The summed E-state index contributed by atoms with van der Waals surface area (Å²) in [6.45, 7) is 3.18. The summed E-state index contributed by atoms with van der Waals surface area (Å²) < 4.78 is 61.9. The van der Waals surface area contributed by atoms with Crippen LogP contribution in [0.5, 0.6) is 0 Å². The second kappa shape index (κ2) is 22.2. The lowest BCUT2D eigenvalue weighted by Gasteiger charge is -2.39. The van der Waals surface area contributed by atoms with E-state index in [0.717, 1.165) is 55.7 Å². The number of imidazole rings is 1. The van der Waals surface area contributed by atoms with Crippen LogP contribution in [-0.2, 0) is 46.5 Å². The quantitative estimate of drug-likeness (QED) is 0.0370. The van der Waals surface area contributed by atoms with E-state index in [4.69, 9.17) is 25.0 Å². The van der Waals surface area contributed by atoms with Crippen LogP contribution < -0.4 is 26.8 Å². The minimum absolute atomic E-state index is 0.0128. The number of carbonyl (C=O) groups is 3. The van der Waals surface area contributed by atoms with Crippen LogP contribution in [0.15, 0.2) is 83.0 Å². The Bertz CT molecular complexity index is 3250. The number of nitrogens with zero attached hydrogens (tertiary/aromatic N) is 6. The number of rotatable bonds is 19. The largest absolute Gasteiger partial charge is 0.490 e. The third-order valence-electron chi connectivity index (χ3n) is 12.4. The fourth-order valence-corrected chi connectivity index (χ4v) is 11.8. The van der Waals surface area contributed by atoms with Crippen LogP contribution in [0, 0.1) is 0 Å². The Hall–Kier alpha value is -6.18. The van der Waals surface area contributed by atoms with Gasteiger partial charge in [0.25, 0.3) is 11.5 Å². The molecule has 1 fully saturated rings. The predicted octanol–water partition coefficient (Wildman–Crippen LogP) is 2.44. The Balaban J connectivity index is 0.960. The number of anilines is 2. The lowest BCUT2D eigenvalue weighted by atomic mass is 9.64. The highest BCUT2D eigenvalue weighted by Crippen LogP contribution is 2.66. The minimum Gasteiger partial charge on any atom is -0.440 e. The Morgan fingerprint density at radius 2 is 1.68 bits per heavy atom. The summed E-state index contributed by atoms with van der Waals surface area (Å²) >= 11 is 0. The van der Waals surface area contributed by atoms with E-state index in [1.807, 2.05) is 46.4 Å². The number of carbonyl (C=O) groups excluding carboxylic acids is 3. The number of benzene rings is 2. The molecule has 2 aromatic heterocycles. The lowest BCUT2D eigenvalue weighted by Crippen LogP contribution is -2.42. The molecule has 6 atom stereocenters. The molecule has 75 heavy (non-hydrogen) atoms. The lowest BCUT2D eigenvalue weighted by molar-refractivity contribution is -0.462. The number of ether oxygens (including phenoxy) is 2. The molecule has 3 heterocycles. The molecule has 0 radical (unpaired) electrons. The van der Waals surface area contributed by atoms with Gasteiger partial charge in [-0.05, 0) is 64.1 Å². The van der Waals surface area contributed by atoms with E-state index in [9.17, 15) is 47.8 Å². The van der Waals surface area contributed by atoms with Crippen molar-refractivity contribution in [2.75, 3.05) is 72.1 Å². The number of alkyl carbamates (subject to hydrolysis) is 1. The predicted molar refractivity (Wildman–Crippen MR) is 270 cm³/mol. The zero-order valence-corrected chi connectivity index (χ0v) is 44.3. The first-order chi connectivity index (χ1) is 35.1. The molecule has 4 aromatic rings. The topological polar surface area (TPSA) is 373 Å². The number of nitrogen functional groups attached to an aromatic ring is 1. The number of aromatic nitrogens is 4. The monoisotopic (exact) mass is 1100 g/mol. The van der Waals surface area contributed by atoms with Gasteiger partial charge in [0.05, 0.1) is 12.9 Å². The summed E-state index contributed by atoms with van der Waals surface area (Å²) in [5, 5.41) is 16.4. The molecule has 30 heteroatoms. The minimum atomic E-state index is -5.92. The summed E-state index contributed by atoms with van der Waals surface area (Å²) in [5.74, 6) is -0.983. The maximum Gasteiger partial charge on any atom is 0.490 e. The third-order valence-corrected chi connectivity index (χ3v) is 16.2. The van der Waals surface area contributed by atoms with Gasteiger partial charge in [-0.25, -0.2) is 28.0 Å². The van der Waals surface area contributed by atoms with Gasteiger partial charge in [0.1, 0.15) is 26.3 Å². The number of nitrogens with one attached hydrogen (secondary N) is 3. The molecule has 0 spiro atoms. The van der Waals surface area contributed by atoms with Gasteiger partial charge in [-0.2, -0.15) is 13.6 Å². The number of nitrogens with two attached hydrogens (primary N) is 1. The number of amides is 3. The highest BCUT2D eigenvalue weighted by atomic mass is 31.3. The summed E-state index contributed by atoms with van der Waals surface area (Å²) in [6, 6.07) is 13.9. The van der Waals surface area contributed by atoms with Gasteiger partial charge >= 0.3 is 29.6 Å². The number of phosphoric ester groups is 1. The van der Waals surface area contributed by atoms with Crippen LogP contribution in [0.3, 0.4) is 0 Å². The van der Waals surface area contributed by atoms with Crippen molar-refractivity contribution in [3.8, 4) is 0 Å². The van der Waals surface area contributed by atoms with Crippen LogP contribution in [0.25, 0.3) is 16.7 Å². The van der Waals surface area contributed by atoms with Crippen LogP contribution in [-0.4, -0.2) is 157 Å². The van der Waals surface area contributed by atoms with Gasteiger partial charge in [-0.3, -0.25) is 28.5 Å². The molecule has 27 nitrogen and oxygen atoms in total. The van der Waals surface area contributed by atoms with Crippen molar-refractivity contribution < 1.29 is 80.0 Å². The van der Waals surface area contributed by atoms with E-state index < -0.39 is 72.2 Å². The summed E-state index contributed by atoms with van der Waals surface area (Å²) in [4.78, 5) is 104. The first kappa shape index (κ1) is 56.5. The molecule has 2 unspecified atom stereocenters. The van der Waals surface area contributed by atoms with Gasteiger partial charge in [0.2, 0.25) is 11.9 Å². The fraction of sp³-hybridized carbons (Fsp3) is 0.400. The molecule has 7 rings (SSSR count). The zero-order chi connectivity index (χ0) is 54.9. The molecule has 3 aliphatic rings. The molecular formula is C45H58N10O17P3+. The van der Waals surface area contributed by atoms with Crippen LogP contribution in [0.1, 0.15) is 60.0 Å². The van der Waals surface area contributed by atoms with Gasteiger partial charge < -0.3 is 60.3 Å². The van der Waals surface area contributed by atoms with E-state index in [1.54, 1.807) is 18.0 Å². The number of aromatic amines is 1. The second-order valence-electron chi connectivity index (χ2n) is 18.5. The molecule has 10 N–H and O–H groups in total. The average Bonchev–Trinajstić information content (AvgIpc) is 3.87. The van der Waals surface area contributed by atoms with E-state index in [1.165, 1.54) is 0 Å². The van der Waals surface area contributed by atoms with Gasteiger partial charge in [0, 0.05) is 76.0 Å². The average molecular weight is 1100 g/mol. The smallest absolute Gasteiger partial charge is 0.440 e. The van der Waals surface area contributed by atoms with Crippen molar-refractivity contribution in [1.82, 2.24) is 35.1 Å². The summed E-state index contributed by atoms with van der Waals surface area (Å²) in [7, 11) is -7.69. The zero-order valence-electron chi connectivity index (χ0n) is 41.6. The number of hydrogen-bond donors (Lipinski definition) is 9. The van der Waals surface area contributed by atoms with E-state index in [-0.39, 0.29) is 60.9 Å². The number of aliphatic hydroxyl groups is 1. The van der Waals surface area contributed by atoms with Gasteiger partial charge in [-0.15, -0.1) is 0 Å². The number of fused-ring (bicyclic) bond motifs is 3. The molecule has 0 bridgehead atoms. The molecule has 3 amide bonds. The van der Waals surface area contributed by atoms with E-state index in [2.05, 4.69) is 98.5 Å². The standard InChI is InChI=1S/C45H57N10O17P3/c1-45(2)31-21-25(52(3)4)14-16-29(31)35(30-17-15-26(53(5)6)22-32(30)45)27-11-8-9-12-28(27)41(59)54(7)20-10-13-34(56)47-18-19-48-44(60)70-38-33(23-68-74(64,65)72-75(66,67)71-73(61,62)63)69-42(37(38)57)55-24-49-36-39(55)50-43(46)51-40(36)58/h8-9,11-12,14-17,21-22,24,33,37-38,42,57H,10,13,18-20,23H2,1-7H3,(H8-,46,47,48,50,51,56,58,60,61,62,63,64,65,66,67)/p+1/t33-,37-,38-,42-/m1/s1. The molecule has 1 aliphatic heterocycles. The number of phosphoric acid groups is 3. The molecule has 2 aliphatic carbocycles. The maximum absolute atomic E-state index is 14.3. The second-order valence-corrected chi connectivity index (χ2v) is 22.9. The van der Waals surface area contributed by atoms with Crippen LogP contribution in [0.2, 0.25) is 0 Å². The third kappa shape index (κ3) is 12.9. The van der Waals surface area contributed by atoms with Crippen molar-refractivity contribution in [1.29, 1.82) is 0 Å². The number of allylic oxidation sites excluding steroid dienone is 5. The molecular weight excluding hydrogens is 1050 g/mol. The highest BCUT2D eigenvalue weighted by Gasteiger charge is 2.50. The van der Waals surface area contributed by atoms with Gasteiger partial charge in [0.15, 0.2) is 29.2 Å². The molecule has 404 valence electrons. The van der Waals surface area contributed by atoms with Crippen molar-refractivity contribution in [2.45, 2.75) is 56.6 Å². The number of hydrogen-bond acceptors (Lipinski definition) is 17. The van der Waals surface area contributed by atoms with E-state index >= 15 is 0 Å². The van der Waals surface area contributed by atoms with Crippen LogP contribution >= 0.6 is 23.5 Å². The molecule has 2 aromatic carbocycles. The van der Waals surface area contributed by atoms with Crippen molar-refractivity contribution in [3.63, 3.8) is 0 Å². The van der Waals surface area contributed by atoms with Gasteiger partial charge in [-0.1, -0.05) is 38.1 Å². The molecule has 1 saturated heterocycles. The molecule has 0 saturated carbocycles. The first-order valence-corrected chi connectivity index (χ1v) is 27.5. The van der Waals surface area contributed by atoms with Crippen molar-refractivity contribution in [2.24, 2.45) is 0 Å². The normalized spacial score (nSPS) is 20.6. The summed E-state index contributed by atoms with van der Waals surface area (Å²) in [6.07, 6.45) is -0.448. The Kier molecular flexibility index (Phi) is 16.7. The SMILES string of the molecule is CN(CCCC(=O)NCCNC(=O)O[C@H]1[C@@H](O)[C@H](n2cnc3c(=O)[nH]c(N)nc32)O[C@@H]1COP(=O)(O)OP(=O)(O)OP(=O)(O)O)C(=O)c1ccccc1C1=C2C=CC(=[N+](C)C)C=C2C(C)(C)c2cc(N(C)C)ccc21. The number of aliphatic hydroxyl groups excluding tert-OH is 1. The first-order valence-electron chi connectivity index (χ1n) is 23.0. The van der Waals surface area contributed by atoms with Crippen molar-refractivity contribution >= 4 is 75.5 Å². The highest BCUT2D eigenvalue weighted by molar-refractivity contribution is 7.66. The summed E-state index contributed by atoms with van der Waals surface area (Å²) in [5.41, 5.74) is 12.7. The fourth-order valence-electron chi connectivity index (χ4n) is 8.79.